The molecule has 1 heteroatoms. The lowest BCUT2D eigenvalue weighted by Crippen LogP contribution is -2.26. The fourth-order valence-electron chi connectivity index (χ4n) is 3.17. The minimum Gasteiger partial charge on any atom is -0.283 e. The van der Waals surface area contributed by atoms with Gasteiger partial charge in [-0.25, -0.2) is 0 Å². The Bertz CT molecular complexity index is 541. The highest BCUT2D eigenvalue weighted by Crippen LogP contribution is 2.38. The molecule has 0 heterocycles. The molecule has 1 nitrogen and oxygen atoms in total. The lowest BCUT2D eigenvalue weighted by Gasteiger charge is -2.29. The predicted molar refractivity (Wildman–Crippen MR) is 89.2 cm³/mol. The van der Waals surface area contributed by atoms with Gasteiger partial charge in [0.1, 0.15) is 0 Å². The summed E-state index contributed by atoms with van der Waals surface area (Å²) >= 11 is 0. The fourth-order valence-corrected chi connectivity index (χ4v) is 3.17. The van der Waals surface area contributed by atoms with Crippen LogP contribution in [-0.4, -0.2) is 11.3 Å². The zero-order chi connectivity index (χ0) is 15.1. The maximum absolute atomic E-state index is 5.03. The quantitative estimate of drug-likeness (QED) is 0.615. The summed E-state index contributed by atoms with van der Waals surface area (Å²) in [5, 5.41) is 0. The van der Waals surface area contributed by atoms with E-state index in [4.69, 9.17) is 4.99 Å². The van der Waals surface area contributed by atoms with E-state index in [0.29, 0.717) is 11.8 Å². The number of rotatable bonds is 1. The van der Waals surface area contributed by atoms with E-state index in [1.165, 1.54) is 28.0 Å². The third kappa shape index (κ3) is 3.03. The summed E-state index contributed by atoms with van der Waals surface area (Å²) in [5.74, 6) is 0.817. The molecule has 1 unspecified atom stereocenters. The van der Waals surface area contributed by atoms with Gasteiger partial charge in [0.2, 0.25) is 0 Å². The molecule has 0 N–H and O–H groups in total. The Morgan fingerprint density at radius 1 is 1.00 bits per heavy atom. The first-order valence-corrected chi connectivity index (χ1v) is 7.54. The normalized spacial score (nSPS) is 26.4. The molecule has 0 saturated carbocycles. The van der Waals surface area contributed by atoms with Crippen LogP contribution in [0.25, 0.3) is 0 Å². The fraction of sp³-hybridized carbons (Fsp3) is 0.526. The van der Waals surface area contributed by atoms with E-state index in [1.807, 2.05) is 0 Å². The molecule has 2 rings (SSSR count). The van der Waals surface area contributed by atoms with Crippen molar-refractivity contribution < 1.29 is 0 Å². The molecule has 0 aromatic carbocycles. The average Bonchev–Trinajstić information content (AvgIpc) is 2.61. The Labute approximate surface area is 123 Å². The molecule has 20 heavy (non-hydrogen) atoms. The summed E-state index contributed by atoms with van der Waals surface area (Å²) in [7, 11) is 0. The van der Waals surface area contributed by atoms with Gasteiger partial charge in [0.05, 0.1) is 5.54 Å². The van der Waals surface area contributed by atoms with E-state index >= 15 is 0 Å². The summed E-state index contributed by atoms with van der Waals surface area (Å²) in [4.78, 5) is 5.03. The molecular weight excluding hydrogens is 242 g/mol. The van der Waals surface area contributed by atoms with E-state index in [2.05, 4.69) is 72.8 Å². The molecule has 0 radical (unpaired) electrons. The minimum absolute atomic E-state index is 0.0321. The van der Waals surface area contributed by atoms with Crippen LogP contribution in [0.1, 0.15) is 48.5 Å². The molecule has 0 fully saturated rings. The lowest BCUT2D eigenvalue weighted by atomic mass is 9.78. The summed E-state index contributed by atoms with van der Waals surface area (Å²) in [6, 6.07) is 0. The largest absolute Gasteiger partial charge is 0.283 e. The van der Waals surface area contributed by atoms with Crippen molar-refractivity contribution in [3.63, 3.8) is 0 Å². The van der Waals surface area contributed by atoms with Crippen molar-refractivity contribution >= 4 is 5.71 Å². The van der Waals surface area contributed by atoms with Crippen molar-refractivity contribution in [2.45, 2.75) is 54.0 Å². The van der Waals surface area contributed by atoms with Gasteiger partial charge in [0.15, 0.2) is 0 Å². The van der Waals surface area contributed by atoms with Crippen LogP contribution in [0, 0.1) is 11.8 Å². The van der Waals surface area contributed by atoms with Gasteiger partial charge in [-0.1, -0.05) is 47.9 Å². The van der Waals surface area contributed by atoms with Crippen molar-refractivity contribution in [2.24, 2.45) is 16.8 Å². The molecule has 0 aromatic rings. The first kappa shape index (κ1) is 15.0. The van der Waals surface area contributed by atoms with Crippen molar-refractivity contribution in [3.05, 3.63) is 46.6 Å². The second-order valence-corrected chi connectivity index (χ2v) is 7.22. The van der Waals surface area contributed by atoms with Crippen LogP contribution >= 0.6 is 0 Å². The highest BCUT2D eigenvalue weighted by molar-refractivity contribution is 6.05. The summed E-state index contributed by atoms with van der Waals surface area (Å²) in [6.45, 7) is 15.4. The topological polar surface area (TPSA) is 12.4 Å². The zero-order valence-electron chi connectivity index (χ0n) is 13.9. The van der Waals surface area contributed by atoms with Crippen molar-refractivity contribution in [1.29, 1.82) is 0 Å². The molecule has 108 valence electrons. The Morgan fingerprint density at radius 2 is 1.55 bits per heavy atom. The molecule has 0 bridgehead atoms. The Morgan fingerprint density at radius 3 is 2.05 bits per heavy atom. The maximum Gasteiger partial charge on any atom is 0.0527 e. The standard InChI is InChI=1S/C19H27N/c1-12-10-15(4)18(20-19(5,6)7)16(11-12)17-13(2)8-9-14(17)3/h8-11,15,17H,1-7H3. The van der Waals surface area contributed by atoms with E-state index in [9.17, 15) is 0 Å². The van der Waals surface area contributed by atoms with Gasteiger partial charge in [-0.2, -0.15) is 0 Å². The summed E-state index contributed by atoms with van der Waals surface area (Å²) in [5.41, 5.74) is 6.83. The minimum atomic E-state index is -0.0321. The molecule has 2 aliphatic carbocycles. The van der Waals surface area contributed by atoms with Crippen molar-refractivity contribution in [2.75, 3.05) is 0 Å². The smallest absolute Gasteiger partial charge is 0.0527 e. The Kier molecular flexibility index (Phi) is 3.90. The summed E-state index contributed by atoms with van der Waals surface area (Å²) in [6.07, 6.45) is 9.14. The van der Waals surface area contributed by atoms with E-state index in [-0.39, 0.29) is 5.54 Å². The molecule has 0 aliphatic heterocycles. The summed E-state index contributed by atoms with van der Waals surface area (Å²) < 4.78 is 0. The third-order valence-electron chi connectivity index (χ3n) is 3.91. The van der Waals surface area contributed by atoms with Gasteiger partial charge in [0.25, 0.3) is 0 Å². The first-order valence-electron chi connectivity index (χ1n) is 7.54. The monoisotopic (exact) mass is 269 g/mol. The molecule has 0 amide bonds. The van der Waals surface area contributed by atoms with Gasteiger partial charge < -0.3 is 0 Å². The van der Waals surface area contributed by atoms with Crippen molar-refractivity contribution in [3.8, 4) is 0 Å². The number of allylic oxidation sites excluding steroid dienone is 8. The van der Waals surface area contributed by atoms with E-state index in [1.54, 1.807) is 0 Å². The number of hydrogen-bond acceptors (Lipinski definition) is 1. The van der Waals surface area contributed by atoms with Crippen LogP contribution in [0.15, 0.2) is 51.6 Å². The van der Waals surface area contributed by atoms with Gasteiger partial charge in [-0.05, 0) is 47.1 Å². The van der Waals surface area contributed by atoms with Crippen LogP contribution in [0.4, 0.5) is 0 Å². The zero-order valence-corrected chi connectivity index (χ0v) is 13.9. The van der Waals surface area contributed by atoms with Crippen LogP contribution in [-0.2, 0) is 0 Å². The number of aliphatic imine (C=N–C) groups is 1. The molecule has 0 spiro atoms. The van der Waals surface area contributed by atoms with Crippen molar-refractivity contribution in [1.82, 2.24) is 0 Å². The number of hydrogen-bond donors (Lipinski definition) is 0. The van der Waals surface area contributed by atoms with Gasteiger partial charge in [-0.15, -0.1) is 0 Å². The predicted octanol–water partition coefficient (Wildman–Crippen LogP) is 5.27. The van der Waals surface area contributed by atoms with Crippen LogP contribution < -0.4 is 0 Å². The number of nitrogens with zero attached hydrogens (tertiary/aromatic N) is 1. The molecule has 2 aliphatic rings. The second-order valence-electron chi connectivity index (χ2n) is 7.22. The van der Waals surface area contributed by atoms with Gasteiger partial charge >= 0.3 is 0 Å². The third-order valence-corrected chi connectivity index (χ3v) is 3.91. The maximum atomic E-state index is 5.03. The SMILES string of the molecule is CC1=CC(C)C(=NC(C)(C)C)C(C2C(C)=CC=C2C)=C1. The van der Waals surface area contributed by atoms with Gasteiger partial charge in [0, 0.05) is 17.5 Å². The van der Waals surface area contributed by atoms with Gasteiger partial charge in [-0.3, -0.25) is 4.99 Å². The van der Waals surface area contributed by atoms with Crippen LogP contribution in [0.2, 0.25) is 0 Å². The average molecular weight is 269 g/mol. The molecule has 0 aromatic heterocycles. The Balaban J connectivity index is 2.51. The molecule has 1 atom stereocenters. The Hall–Kier alpha value is -1.37. The highest BCUT2D eigenvalue weighted by Gasteiger charge is 2.29. The molecule has 0 saturated heterocycles. The highest BCUT2D eigenvalue weighted by atomic mass is 14.8. The second kappa shape index (κ2) is 5.20. The van der Waals surface area contributed by atoms with E-state index in [0.717, 1.165) is 0 Å². The van der Waals surface area contributed by atoms with Crippen LogP contribution in [0.5, 0.6) is 0 Å². The lowest BCUT2D eigenvalue weighted by molar-refractivity contribution is 0.578. The van der Waals surface area contributed by atoms with Crippen LogP contribution in [0.3, 0.4) is 0 Å². The van der Waals surface area contributed by atoms with E-state index < -0.39 is 0 Å². The molecular formula is C19H27N. The first-order chi connectivity index (χ1) is 9.19.